The summed E-state index contributed by atoms with van der Waals surface area (Å²) in [4.78, 5) is 15.8. The summed E-state index contributed by atoms with van der Waals surface area (Å²) in [5.74, 6) is 0. The van der Waals surface area contributed by atoms with Gasteiger partial charge in [0.2, 0.25) is 0 Å². The highest BCUT2D eigenvalue weighted by molar-refractivity contribution is 7.13. The molecule has 3 rings (SSSR count). The Bertz CT molecular complexity index is 763. The van der Waals surface area contributed by atoms with E-state index in [4.69, 9.17) is 0 Å². The Morgan fingerprint density at radius 1 is 1.35 bits per heavy atom. The SMILES string of the molecule is Cc1c2ccc(NC(=O)Nc3nccs3)cc2nn1C. The number of urea groups is 1. The molecule has 2 amide bonds. The average molecular weight is 287 g/mol. The van der Waals surface area contributed by atoms with Crippen LogP contribution in [0.1, 0.15) is 5.69 Å². The van der Waals surface area contributed by atoms with E-state index in [0.29, 0.717) is 10.8 Å². The molecule has 1 aromatic carbocycles. The van der Waals surface area contributed by atoms with Crippen molar-refractivity contribution >= 4 is 39.1 Å². The van der Waals surface area contributed by atoms with Gasteiger partial charge in [-0.25, -0.2) is 9.78 Å². The highest BCUT2D eigenvalue weighted by atomic mass is 32.1. The van der Waals surface area contributed by atoms with Gasteiger partial charge >= 0.3 is 6.03 Å². The summed E-state index contributed by atoms with van der Waals surface area (Å²) >= 11 is 1.37. The Labute approximate surface area is 119 Å². The van der Waals surface area contributed by atoms with Crippen LogP contribution in [0.3, 0.4) is 0 Å². The van der Waals surface area contributed by atoms with Gasteiger partial charge in [-0.2, -0.15) is 5.10 Å². The number of thiazole rings is 1. The van der Waals surface area contributed by atoms with Crippen molar-refractivity contribution in [1.29, 1.82) is 0 Å². The molecule has 0 saturated carbocycles. The van der Waals surface area contributed by atoms with E-state index in [2.05, 4.69) is 20.7 Å². The first-order chi connectivity index (χ1) is 9.63. The predicted molar refractivity (Wildman–Crippen MR) is 80.2 cm³/mol. The molecule has 2 heterocycles. The highest BCUT2D eigenvalue weighted by Crippen LogP contribution is 2.21. The highest BCUT2D eigenvalue weighted by Gasteiger charge is 2.08. The summed E-state index contributed by atoms with van der Waals surface area (Å²) in [6, 6.07) is 5.35. The number of aryl methyl sites for hydroxylation is 2. The Balaban J connectivity index is 1.79. The first-order valence-corrected chi connectivity index (χ1v) is 6.92. The van der Waals surface area contributed by atoms with Crippen LogP contribution in [0.2, 0.25) is 0 Å². The van der Waals surface area contributed by atoms with Crippen LogP contribution in [-0.4, -0.2) is 20.8 Å². The standard InChI is InChI=1S/C13H13N5OS/c1-8-10-4-3-9(7-11(10)17-18(8)2)15-12(19)16-13-14-5-6-20-13/h3-7H,1-2H3,(H2,14,15,16,19). The predicted octanol–water partition coefficient (Wildman–Crippen LogP) is 2.98. The second kappa shape index (κ2) is 4.93. The minimum absolute atomic E-state index is 0.313. The molecule has 7 heteroatoms. The maximum atomic E-state index is 11.8. The number of hydrogen-bond donors (Lipinski definition) is 2. The number of rotatable bonds is 2. The van der Waals surface area contributed by atoms with Crippen LogP contribution in [0.5, 0.6) is 0 Å². The third kappa shape index (κ3) is 2.35. The zero-order valence-electron chi connectivity index (χ0n) is 11.0. The van der Waals surface area contributed by atoms with E-state index >= 15 is 0 Å². The summed E-state index contributed by atoms with van der Waals surface area (Å²) < 4.78 is 1.82. The molecule has 0 spiro atoms. The molecule has 2 aromatic heterocycles. The number of carbonyl (C=O) groups excluding carboxylic acids is 1. The molecule has 20 heavy (non-hydrogen) atoms. The first kappa shape index (κ1) is 12.6. The molecule has 0 aliphatic carbocycles. The molecule has 0 unspecified atom stereocenters. The summed E-state index contributed by atoms with van der Waals surface area (Å²) in [5, 5.41) is 13.3. The molecule has 102 valence electrons. The van der Waals surface area contributed by atoms with E-state index in [9.17, 15) is 4.79 Å². The Morgan fingerprint density at radius 3 is 2.95 bits per heavy atom. The lowest BCUT2D eigenvalue weighted by Crippen LogP contribution is -2.19. The number of aromatic nitrogens is 3. The van der Waals surface area contributed by atoms with Gasteiger partial charge in [0.25, 0.3) is 0 Å². The van der Waals surface area contributed by atoms with E-state index in [-0.39, 0.29) is 6.03 Å². The number of benzene rings is 1. The molecule has 3 aromatic rings. The summed E-state index contributed by atoms with van der Waals surface area (Å²) in [6.07, 6.45) is 1.64. The summed E-state index contributed by atoms with van der Waals surface area (Å²) in [5.41, 5.74) is 2.65. The molecule has 0 fully saturated rings. The van der Waals surface area contributed by atoms with Gasteiger partial charge in [0, 0.05) is 35.4 Å². The fourth-order valence-electron chi connectivity index (χ4n) is 1.95. The van der Waals surface area contributed by atoms with Crippen LogP contribution in [-0.2, 0) is 7.05 Å². The van der Waals surface area contributed by atoms with Crippen molar-refractivity contribution in [3.05, 3.63) is 35.5 Å². The van der Waals surface area contributed by atoms with Gasteiger partial charge in [-0.05, 0) is 25.1 Å². The van der Waals surface area contributed by atoms with Crippen molar-refractivity contribution in [3.63, 3.8) is 0 Å². The molecule has 0 radical (unpaired) electrons. The van der Waals surface area contributed by atoms with Crippen LogP contribution >= 0.6 is 11.3 Å². The Hall–Kier alpha value is -2.41. The van der Waals surface area contributed by atoms with Crippen molar-refractivity contribution in [2.45, 2.75) is 6.92 Å². The number of amides is 2. The summed E-state index contributed by atoms with van der Waals surface area (Å²) in [7, 11) is 1.90. The number of nitrogens with zero attached hydrogens (tertiary/aromatic N) is 3. The fourth-order valence-corrected chi connectivity index (χ4v) is 2.48. The quantitative estimate of drug-likeness (QED) is 0.761. The molecule has 0 saturated heterocycles. The van der Waals surface area contributed by atoms with Gasteiger partial charge in [0.15, 0.2) is 5.13 Å². The number of carbonyl (C=O) groups is 1. The second-order valence-electron chi connectivity index (χ2n) is 4.36. The third-order valence-electron chi connectivity index (χ3n) is 3.04. The van der Waals surface area contributed by atoms with E-state index < -0.39 is 0 Å². The van der Waals surface area contributed by atoms with Gasteiger partial charge in [-0.1, -0.05) is 0 Å². The molecule has 2 N–H and O–H groups in total. The maximum Gasteiger partial charge on any atom is 0.325 e. The van der Waals surface area contributed by atoms with Crippen molar-refractivity contribution in [2.24, 2.45) is 7.05 Å². The monoisotopic (exact) mass is 287 g/mol. The van der Waals surface area contributed by atoms with Gasteiger partial charge in [-0.3, -0.25) is 10.00 Å². The molecule has 0 bridgehead atoms. The fraction of sp³-hybridized carbons (Fsp3) is 0.154. The van der Waals surface area contributed by atoms with Crippen LogP contribution in [0, 0.1) is 6.92 Å². The van der Waals surface area contributed by atoms with Gasteiger partial charge < -0.3 is 5.32 Å². The summed E-state index contributed by atoms with van der Waals surface area (Å²) in [6.45, 7) is 2.01. The molecule has 0 aliphatic heterocycles. The lowest BCUT2D eigenvalue weighted by atomic mass is 10.2. The third-order valence-corrected chi connectivity index (χ3v) is 3.73. The lowest BCUT2D eigenvalue weighted by Gasteiger charge is -2.05. The number of hydrogen-bond acceptors (Lipinski definition) is 4. The van der Waals surface area contributed by atoms with Crippen LogP contribution < -0.4 is 10.6 Å². The smallest absolute Gasteiger partial charge is 0.308 e. The second-order valence-corrected chi connectivity index (χ2v) is 5.25. The minimum Gasteiger partial charge on any atom is -0.308 e. The molecular formula is C13H13N5OS. The molecule has 6 nitrogen and oxygen atoms in total. The van der Waals surface area contributed by atoms with E-state index in [1.54, 1.807) is 11.6 Å². The van der Waals surface area contributed by atoms with Crippen LogP contribution in [0.25, 0.3) is 10.9 Å². The molecule has 0 aliphatic rings. The maximum absolute atomic E-state index is 11.8. The molecular weight excluding hydrogens is 274 g/mol. The van der Waals surface area contributed by atoms with Crippen molar-refractivity contribution in [3.8, 4) is 0 Å². The van der Waals surface area contributed by atoms with E-state index in [0.717, 1.165) is 16.6 Å². The van der Waals surface area contributed by atoms with Gasteiger partial charge in [0.1, 0.15) is 0 Å². The lowest BCUT2D eigenvalue weighted by molar-refractivity contribution is 0.262. The number of fused-ring (bicyclic) bond motifs is 1. The normalized spacial score (nSPS) is 10.7. The van der Waals surface area contributed by atoms with Crippen molar-refractivity contribution < 1.29 is 4.79 Å². The van der Waals surface area contributed by atoms with Gasteiger partial charge in [0.05, 0.1) is 5.52 Å². The number of anilines is 2. The van der Waals surface area contributed by atoms with Crippen LogP contribution in [0.4, 0.5) is 15.6 Å². The zero-order valence-corrected chi connectivity index (χ0v) is 11.9. The average Bonchev–Trinajstić information content (AvgIpc) is 2.99. The van der Waals surface area contributed by atoms with Crippen molar-refractivity contribution in [1.82, 2.24) is 14.8 Å². The van der Waals surface area contributed by atoms with E-state index in [1.165, 1.54) is 11.3 Å². The van der Waals surface area contributed by atoms with E-state index in [1.807, 2.05) is 36.9 Å². The first-order valence-electron chi connectivity index (χ1n) is 6.04. The zero-order chi connectivity index (χ0) is 14.1. The Kier molecular flexibility index (Phi) is 3.11. The largest absolute Gasteiger partial charge is 0.325 e. The molecule has 0 atom stereocenters. The van der Waals surface area contributed by atoms with Gasteiger partial charge in [-0.15, -0.1) is 11.3 Å². The van der Waals surface area contributed by atoms with Crippen molar-refractivity contribution in [2.75, 3.05) is 10.6 Å². The Morgan fingerprint density at radius 2 is 2.20 bits per heavy atom. The topological polar surface area (TPSA) is 71.8 Å². The van der Waals surface area contributed by atoms with Crippen LogP contribution in [0.15, 0.2) is 29.8 Å². The number of nitrogens with one attached hydrogen (secondary N) is 2. The minimum atomic E-state index is -0.313.